The van der Waals surface area contributed by atoms with E-state index in [1.165, 1.54) is 5.56 Å². The van der Waals surface area contributed by atoms with Crippen LogP contribution < -0.4 is 15.8 Å². The molecule has 106 valence electrons. The SMILES string of the molecule is CCOCCCNCc1ccc(OCC(N)=O)cc1. The summed E-state index contributed by atoms with van der Waals surface area (Å²) in [5, 5.41) is 3.34. The molecule has 0 saturated carbocycles. The Kier molecular flexibility index (Phi) is 7.62. The largest absolute Gasteiger partial charge is 0.484 e. The highest BCUT2D eigenvalue weighted by Crippen LogP contribution is 2.11. The average molecular weight is 266 g/mol. The molecule has 5 nitrogen and oxygen atoms in total. The summed E-state index contributed by atoms with van der Waals surface area (Å²) in [6, 6.07) is 7.60. The maximum Gasteiger partial charge on any atom is 0.255 e. The predicted octanol–water partition coefficient (Wildman–Crippen LogP) is 1.07. The van der Waals surface area contributed by atoms with Gasteiger partial charge in [-0.15, -0.1) is 0 Å². The summed E-state index contributed by atoms with van der Waals surface area (Å²) in [5.41, 5.74) is 6.17. The van der Waals surface area contributed by atoms with Crippen LogP contribution in [0.25, 0.3) is 0 Å². The number of benzene rings is 1. The lowest BCUT2D eigenvalue weighted by molar-refractivity contribution is -0.119. The molecule has 1 rings (SSSR count). The summed E-state index contributed by atoms with van der Waals surface area (Å²) in [4.78, 5) is 10.6. The number of carbonyl (C=O) groups excluding carboxylic acids is 1. The minimum atomic E-state index is -0.472. The Labute approximate surface area is 114 Å². The second kappa shape index (κ2) is 9.35. The molecular formula is C14H22N2O3. The van der Waals surface area contributed by atoms with Crippen molar-refractivity contribution in [3.8, 4) is 5.75 Å². The second-order valence-corrected chi connectivity index (χ2v) is 4.13. The van der Waals surface area contributed by atoms with Crippen molar-refractivity contribution in [1.82, 2.24) is 5.32 Å². The maximum atomic E-state index is 10.6. The molecule has 0 fully saturated rings. The number of primary amides is 1. The molecule has 0 aromatic heterocycles. The van der Waals surface area contributed by atoms with E-state index < -0.39 is 5.91 Å². The summed E-state index contributed by atoms with van der Waals surface area (Å²) in [5.74, 6) is 0.180. The van der Waals surface area contributed by atoms with E-state index in [1.54, 1.807) is 0 Å². The predicted molar refractivity (Wildman–Crippen MR) is 73.9 cm³/mol. The quantitative estimate of drug-likeness (QED) is 0.621. The number of rotatable bonds is 10. The first-order chi connectivity index (χ1) is 9.22. The third-order valence-corrected chi connectivity index (χ3v) is 2.48. The summed E-state index contributed by atoms with van der Waals surface area (Å²) in [6.45, 7) is 5.21. The lowest BCUT2D eigenvalue weighted by Gasteiger charge is -2.07. The van der Waals surface area contributed by atoms with Crippen molar-refractivity contribution in [2.45, 2.75) is 19.9 Å². The van der Waals surface area contributed by atoms with Gasteiger partial charge in [-0.2, -0.15) is 0 Å². The van der Waals surface area contributed by atoms with Crippen LogP contribution in [0.1, 0.15) is 18.9 Å². The van der Waals surface area contributed by atoms with Crippen molar-refractivity contribution in [2.75, 3.05) is 26.4 Å². The van der Waals surface area contributed by atoms with Gasteiger partial charge in [-0.25, -0.2) is 0 Å². The molecule has 3 N–H and O–H groups in total. The Balaban J connectivity index is 2.19. The van der Waals surface area contributed by atoms with E-state index in [-0.39, 0.29) is 6.61 Å². The van der Waals surface area contributed by atoms with E-state index in [9.17, 15) is 4.79 Å². The molecule has 0 spiro atoms. The molecule has 0 aliphatic rings. The molecule has 0 heterocycles. The van der Waals surface area contributed by atoms with Gasteiger partial charge in [0.2, 0.25) is 0 Å². The topological polar surface area (TPSA) is 73.6 Å². The van der Waals surface area contributed by atoms with Gasteiger partial charge >= 0.3 is 0 Å². The zero-order chi connectivity index (χ0) is 13.9. The zero-order valence-corrected chi connectivity index (χ0v) is 11.4. The van der Waals surface area contributed by atoms with Crippen molar-refractivity contribution in [2.24, 2.45) is 5.73 Å². The molecular weight excluding hydrogens is 244 g/mol. The monoisotopic (exact) mass is 266 g/mol. The van der Waals surface area contributed by atoms with E-state index in [0.717, 1.165) is 32.7 Å². The van der Waals surface area contributed by atoms with Crippen LogP contribution in [-0.4, -0.2) is 32.3 Å². The molecule has 0 radical (unpaired) electrons. The van der Waals surface area contributed by atoms with Crippen LogP contribution in [0.2, 0.25) is 0 Å². The van der Waals surface area contributed by atoms with Crippen LogP contribution in [-0.2, 0) is 16.1 Å². The molecule has 1 amide bonds. The molecule has 0 atom stereocenters. The van der Waals surface area contributed by atoms with Gasteiger partial charge in [-0.05, 0) is 37.6 Å². The molecule has 5 heteroatoms. The van der Waals surface area contributed by atoms with Crippen LogP contribution in [0, 0.1) is 0 Å². The van der Waals surface area contributed by atoms with Crippen molar-refractivity contribution < 1.29 is 14.3 Å². The second-order valence-electron chi connectivity index (χ2n) is 4.13. The number of carbonyl (C=O) groups is 1. The van der Waals surface area contributed by atoms with Crippen molar-refractivity contribution in [3.05, 3.63) is 29.8 Å². The van der Waals surface area contributed by atoms with Gasteiger partial charge in [0, 0.05) is 19.8 Å². The molecule has 0 aliphatic carbocycles. The van der Waals surface area contributed by atoms with Crippen LogP contribution in [0.15, 0.2) is 24.3 Å². The van der Waals surface area contributed by atoms with Crippen LogP contribution in [0.3, 0.4) is 0 Å². The fraction of sp³-hybridized carbons (Fsp3) is 0.500. The first-order valence-corrected chi connectivity index (χ1v) is 6.51. The molecule has 0 unspecified atom stereocenters. The van der Waals surface area contributed by atoms with E-state index in [0.29, 0.717) is 5.75 Å². The van der Waals surface area contributed by atoms with Gasteiger partial charge in [-0.3, -0.25) is 4.79 Å². The lowest BCUT2D eigenvalue weighted by atomic mass is 10.2. The highest BCUT2D eigenvalue weighted by atomic mass is 16.5. The number of ether oxygens (including phenoxy) is 2. The number of hydrogen-bond acceptors (Lipinski definition) is 4. The first-order valence-electron chi connectivity index (χ1n) is 6.51. The summed E-state index contributed by atoms with van der Waals surface area (Å²) >= 11 is 0. The lowest BCUT2D eigenvalue weighted by Crippen LogP contribution is -2.20. The van der Waals surface area contributed by atoms with Gasteiger partial charge in [0.1, 0.15) is 5.75 Å². The Morgan fingerprint density at radius 1 is 1.32 bits per heavy atom. The normalized spacial score (nSPS) is 10.4. The van der Waals surface area contributed by atoms with E-state index in [2.05, 4.69) is 5.32 Å². The van der Waals surface area contributed by atoms with Crippen molar-refractivity contribution in [3.63, 3.8) is 0 Å². The Morgan fingerprint density at radius 2 is 2.05 bits per heavy atom. The summed E-state index contributed by atoms with van der Waals surface area (Å²) in [7, 11) is 0. The van der Waals surface area contributed by atoms with Gasteiger partial charge in [0.25, 0.3) is 5.91 Å². The van der Waals surface area contributed by atoms with Crippen LogP contribution >= 0.6 is 0 Å². The fourth-order valence-electron chi connectivity index (χ4n) is 1.53. The number of hydrogen-bond donors (Lipinski definition) is 2. The third-order valence-electron chi connectivity index (χ3n) is 2.48. The number of amides is 1. The smallest absolute Gasteiger partial charge is 0.255 e. The van der Waals surface area contributed by atoms with Gasteiger partial charge < -0.3 is 20.5 Å². The highest BCUT2D eigenvalue weighted by molar-refractivity contribution is 5.75. The molecule has 0 aliphatic heterocycles. The molecule has 1 aromatic rings. The van der Waals surface area contributed by atoms with Crippen LogP contribution in [0.5, 0.6) is 5.75 Å². The van der Waals surface area contributed by atoms with Crippen LogP contribution in [0.4, 0.5) is 0 Å². The van der Waals surface area contributed by atoms with E-state index >= 15 is 0 Å². The fourth-order valence-corrected chi connectivity index (χ4v) is 1.53. The van der Waals surface area contributed by atoms with Crippen molar-refractivity contribution in [1.29, 1.82) is 0 Å². The highest BCUT2D eigenvalue weighted by Gasteiger charge is 1.98. The third kappa shape index (κ3) is 7.43. The molecule has 0 saturated heterocycles. The Morgan fingerprint density at radius 3 is 2.68 bits per heavy atom. The number of nitrogens with two attached hydrogens (primary N) is 1. The summed E-state index contributed by atoms with van der Waals surface area (Å²) in [6.07, 6.45) is 1.01. The molecule has 1 aromatic carbocycles. The Hall–Kier alpha value is -1.59. The van der Waals surface area contributed by atoms with Crippen molar-refractivity contribution >= 4 is 5.91 Å². The minimum absolute atomic E-state index is 0.0883. The van der Waals surface area contributed by atoms with E-state index in [4.69, 9.17) is 15.2 Å². The average Bonchev–Trinajstić information content (AvgIpc) is 2.41. The first kappa shape index (κ1) is 15.5. The summed E-state index contributed by atoms with van der Waals surface area (Å²) < 4.78 is 10.4. The minimum Gasteiger partial charge on any atom is -0.484 e. The van der Waals surface area contributed by atoms with E-state index in [1.807, 2.05) is 31.2 Å². The van der Waals surface area contributed by atoms with Gasteiger partial charge in [-0.1, -0.05) is 12.1 Å². The van der Waals surface area contributed by atoms with Gasteiger partial charge in [0.15, 0.2) is 6.61 Å². The maximum absolute atomic E-state index is 10.6. The van der Waals surface area contributed by atoms with Gasteiger partial charge in [0.05, 0.1) is 0 Å². The standard InChI is InChI=1S/C14H22N2O3/c1-2-18-9-3-8-16-10-12-4-6-13(7-5-12)19-11-14(15)17/h4-7,16H,2-3,8-11H2,1H3,(H2,15,17). The zero-order valence-electron chi connectivity index (χ0n) is 11.4. The molecule has 0 bridgehead atoms. The number of nitrogens with one attached hydrogen (secondary N) is 1. The molecule has 19 heavy (non-hydrogen) atoms. The Bertz CT molecular complexity index is 365.